The Bertz CT molecular complexity index is 733. The molecule has 0 bridgehead atoms. The molecular weight excluding hydrogens is 264 g/mol. The number of sulfone groups is 1. The van der Waals surface area contributed by atoms with Crippen LogP contribution >= 0.6 is 0 Å². The molecule has 3 heterocycles. The van der Waals surface area contributed by atoms with Gasteiger partial charge in [0.15, 0.2) is 9.84 Å². The lowest BCUT2D eigenvalue weighted by Gasteiger charge is -2.06. The van der Waals surface area contributed by atoms with Crippen molar-refractivity contribution in [2.75, 3.05) is 11.5 Å². The number of carbonyl (C=O) groups is 1. The highest BCUT2D eigenvalue weighted by molar-refractivity contribution is 7.91. The van der Waals surface area contributed by atoms with E-state index in [-0.39, 0.29) is 17.4 Å². The van der Waals surface area contributed by atoms with Crippen LogP contribution < -0.4 is 0 Å². The number of rotatable bonds is 3. The van der Waals surface area contributed by atoms with Crippen molar-refractivity contribution < 1.29 is 13.2 Å². The van der Waals surface area contributed by atoms with Gasteiger partial charge in [0.1, 0.15) is 12.1 Å². The summed E-state index contributed by atoms with van der Waals surface area (Å²) in [5.41, 5.74) is 1.47. The maximum absolute atomic E-state index is 11.5. The molecule has 1 saturated heterocycles. The van der Waals surface area contributed by atoms with Gasteiger partial charge in [-0.3, -0.25) is 4.79 Å². The number of nitrogens with zero attached hydrogens (tertiary/aromatic N) is 2. The Balaban J connectivity index is 1.88. The van der Waals surface area contributed by atoms with Gasteiger partial charge in [0.2, 0.25) is 0 Å². The summed E-state index contributed by atoms with van der Waals surface area (Å²) < 4.78 is 24.8. The summed E-state index contributed by atoms with van der Waals surface area (Å²) in [4.78, 5) is 15.0. The van der Waals surface area contributed by atoms with Crippen molar-refractivity contribution in [2.24, 2.45) is 5.92 Å². The summed E-state index contributed by atoms with van der Waals surface area (Å²) in [5.74, 6) is 1.56. The van der Waals surface area contributed by atoms with E-state index in [2.05, 4.69) is 4.98 Å². The van der Waals surface area contributed by atoms with Crippen LogP contribution in [-0.4, -0.2) is 35.6 Å². The Morgan fingerprint density at radius 1 is 1.47 bits per heavy atom. The maximum Gasteiger partial charge on any atom is 0.150 e. The van der Waals surface area contributed by atoms with Gasteiger partial charge < -0.3 is 4.40 Å². The van der Waals surface area contributed by atoms with Crippen LogP contribution in [0.3, 0.4) is 0 Å². The van der Waals surface area contributed by atoms with Gasteiger partial charge in [-0.1, -0.05) is 0 Å². The van der Waals surface area contributed by atoms with Gasteiger partial charge in [-0.2, -0.15) is 0 Å². The molecule has 1 fully saturated rings. The van der Waals surface area contributed by atoms with E-state index in [1.807, 2.05) is 10.6 Å². The lowest BCUT2D eigenvalue weighted by molar-refractivity contribution is 0.112. The Hall–Kier alpha value is -1.69. The molecule has 1 aliphatic heterocycles. The summed E-state index contributed by atoms with van der Waals surface area (Å²) >= 11 is 0. The van der Waals surface area contributed by atoms with Gasteiger partial charge in [0, 0.05) is 18.2 Å². The quantitative estimate of drug-likeness (QED) is 0.789. The fourth-order valence-electron chi connectivity index (χ4n) is 2.59. The lowest BCUT2D eigenvalue weighted by Crippen LogP contribution is -2.09. The first kappa shape index (κ1) is 12.3. The van der Waals surface area contributed by atoms with E-state index in [1.165, 1.54) is 0 Å². The average molecular weight is 278 g/mol. The van der Waals surface area contributed by atoms with E-state index in [0.29, 0.717) is 18.4 Å². The number of imidazole rings is 1. The van der Waals surface area contributed by atoms with E-state index < -0.39 is 9.84 Å². The molecule has 1 aliphatic rings. The summed E-state index contributed by atoms with van der Waals surface area (Å²) in [6.45, 7) is 0. The number of fused-ring (bicyclic) bond motifs is 1. The van der Waals surface area contributed by atoms with Crippen molar-refractivity contribution in [1.29, 1.82) is 0 Å². The largest absolute Gasteiger partial charge is 0.304 e. The molecular formula is C13H14N2O3S. The molecule has 0 radical (unpaired) electrons. The minimum atomic E-state index is -2.85. The molecule has 1 unspecified atom stereocenters. The predicted octanol–water partition coefficient (Wildman–Crippen LogP) is 1.12. The van der Waals surface area contributed by atoms with Crippen LogP contribution in [0.15, 0.2) is 24.5 Å². The molecule has 0 aromatic carbocycles. The number of aromatic nitrogens is 2. The molecule has 2 aromatic heterocycles. The average Bonchev–Trinajstić information content (AvgIpc) is 2.93. The van der Waals surface area contributed by atoms with Crippen LogP contribution in [0.2, 0.25) is 0 Å². The smallest absolute Gasteiger partial charge is 0.150 e. The summed E-state index contributed by atoms with van der Waals surface area (Å²) in [6.07, 6.45) is 5.70. The van der Waals surface area contributed by atoms with Gasteiger partial charge in [0.25, 0.3) is 0 Å². The highest BCUT2D eigenvalue weighted by atomic mass is 32.2. The van der Waals surface area contributed by atoms with E-state index >= 15 is 0 Å². The lowest BCUT2D eigenvalue weighted by atomic mass is 10.1. The second-order valence-corrected chi connectivity index (χ2v) is 7.25. The highest BCUT2D eigenvalue weighted by Gasteiger charge is 2.28. The topological polar surface area (TPSA) is 68.5 Å². The minimum Gasteiger partial charge on any atom is -0.304 e. The van der Waals surface area contributed by atoms with E-state index in [9.17, 15) is 13.2 Å². The third-order valence-corrected chi connectivity index (χ3v) is 5.40. The molecule has 0 aliphatic carbocycles. The van der Waals surface area contributed by atoms with Crippen molar-refractivity contribution >= 4 is 21.6 Å². The van der Waals surface area contributed by atoms with Crippen LogP contribution in [-0.2, 0) is 16.3 Å². The normalized spacial score (nSPS) is 21.8. The van der Waals surface area contributed by atoms with Crippen molar-refractivity contribution in [1.82, 2.24) is 9.38 Å². The molecule has 6 heteroatoms. The van der Waals surface area contributed by atoms with Gasteiger partial charge in [0.05, 0.1) is 23.2 Å². The maximum atomic E-state index is 11.5. The molecule has 3 rings (SSSR count). The van der Waals surface area contributed by atoms with Crippen molar-refractivity contribution in [3.8, 4) is 0 Å². The summed E-state index contributed by atoms with van der Waals surface area (Å²) in [6, 6.07) is 3.51. The Labute approximate surface area is 111 Å². The Kier molecular flexibility index (Phi) is 2.89. The highest BCUT2D eigenvalue weighted by Crippen LogP contribution is 2.22. The number of pyridine rings is 1. The Morgan fingerprint density at radius 2 is 2.32 bits per heavy atom. The van der Waals surface area contributed by atoms with Crippen LogP contribution in [0.1, 0.15) is 22.6 Å². The number of hydrogen-bond donors (Lipinski definition) is 0. The molecule has 0 saturated carbocycles. The molecule has 100 valence electrons. The molecule has 5 nitrogen and oxygen atoms in total. The van der Waals surface area contributed by atoms with E-state index in [0.717, 1.165) is 17.6 Å². The van der Waals surface area contributed by atoms with Gasteiger partial charge >= 0.3 is 0 Å². The number of hydrogen-bond acceptors (Lipinski definition) is 4. The van der Waals surface area contributed by atoms with Crippen LogP contribution in [0, 0.1) is 5.92 Å². The number of aldehydes is 1. The molecule has 2 aromatic rings. The monoisotopic (exact) mass is 278 g/mol. The number of carbonyl (C=O) groups excluding carboxylic acids is 1. The first-order valence-electron chi connectivity index (χ1n) is 6.19. The first-order chi connectivity index (χ1) is 9.07. The van der Waals surface area contributed by atoms with Gasteiger partial charge in [-0.15, -0.1) is 0 Å². The third-order valence-electron chi connectivity index (χ3n) is 3.57. The predicted molar refractivity (Wildman–Crippen MR) is 71.0 cm³/mol. The van der Waals surface area contributed by atoms with E-state index in [1.54, 1.807) is 18.3 Å². The second-order valence-electron chi connectivity index (χ2n) is 5.02. The van der Waals surface area contributed by atoms with Crippen LogP contribution in [0.5, 0.6) is 0 Å². The van der Waals surface area contributed by atoms with Gasteiger partial charge in [-0.25, -0.2) is 13.4 Å². The zero-order valence-corrected chi connectivity index (χ0v) is 11.1. The SMILES string of the molecule is O=Cc1ccn2c(CC3CCS(=O)(=O)C3)ncc2c1. The Morgan fingerprint density at radius 3 is 3.00 bits per heavy atom. The van der Waals surface area contributed by atoms with E-state index in [4.69, 9.17) is 0 Å². The standard InChI is InChI=1S/C13H14N2O3S/c16-8-10-1-3-15-12(5-10)7-14-13(15)6-11-2-4-19(17,18)9-11/h1,3,5,7-8,11H,2,4,6,9H2. The van der Waals surface area contributed by atoms with Crippen LogP contribution in [0.4, 0.5) is 0 Å². The van der Waals surface area contributed by atoms with Crippen molar-refractivity contribution in [3.05, 3.63) is 35.9 Å². The fraction of sp³-hybridized carbons (Fsp3) is 0.385. The van der Waals surface area contributed by atoms with Crippen molar-refractivity contribution in [3.63, 3.8) is 0 Å². The van der Waals surface area contributed by atoms with Crippen molar-refractivity contribution in [2.45, 2.75) is 12.8 Å². The molecule has 1 atom stereocenters. The zero-order chi connectivity index (χ0) is 13.5. The first-order valence-corrected chi connectivity index (χ1v) is 8.01. The molecule has 0 N–H and O–H groups in total. The fourth-order valence-corrected chi connectivity index (χ4v) is 4.45. The summed E-state index contributed by atoms with van der Waals surface area (Å²) in [5, 5.41) is 0. The molecule has 19 heavy (non-hydrogen) atoms. The minimum absolute atomic E-state index is 0.154. The molecule has 0 amide bonds. The third kappa shape index (κ3) is 2.40. The second kappa shape index (κ2) is 4.45. The van der Waals surface area contributed by atoms with Gasteiger partial charge in [-0.05, 0) is 24.5 Å². The summed E-state index contributed by atoms with van der Waals surface area (Å²) in [7, 11) is -2.85. The molecule has 0 spiro atoms. The van der Waals surface area contributed by atoms with Crippen LogP contribution in [0.25, 0.3) is 5.52 Å². The zero-order valence-electron chi connectivity index (χ0n) is 10.3.